The number of fused-ring (bicyclic) bond motifs is 1. The monoisotopic (exact) mass is 280 g/mol. The third kappa shape index (κ3) is 2.93. The first-order valence-electron chi connectivity index (χ1n) is 6.25. The van der Waals surface area contributed by atoms with Crippen molar-refractivity contribution in [1.82, 2.24) is 10.6 Å². The van der Waals surface area contributed by atoms with E-state index < -0.39 is 0 Å². The highest BCUT2D eigenvalue weighted by Gasteiger charge is 2.17. The van der Waals surface area contributed by atoms with Gasteiger partial charge in [-0.3, -0.25) is 4.79 Å². The van der Waals surface area contributed by atoms with Crippen LogP contribution in [-0.2, 0) is 0 Å². The summed E-state index contributed by atoms with van der Waals surface area (Å²) in [7, 11) is 1.88. The summed E-state index contributed by atoms with van der Waals surface area (Å²) < 4.78 is 14.6. The maximum absolute atomic E-state index is 13.7. The van der Waals surface area contributed by atoms with Crippen LogP contribution in [0.3, 0.4) is 0 Å². The molecule has 0 aliphatic heterocycles. The standard InChI is InChI=1S/C14H17FN2OS/c1-9-12-10(15)5-3-6-11(12)19-13(9)14(18)17-8-4-7-16-2/h3,5-6,16H,4,7-8H2,1-2H3,(H,17,18). The Balaban J connectivity index is 2.18. The van der Waals surface area contributed by atoms with E-state index >= 15 is 0 Å². The highest BCUT2D eigenvalue weighted by Crippen LogP contribution is 2.32. The number of benzene rings is 1. The van der Waals surface area contributed by atoms with Crippen molar-refractivity contribution in [3.63, 3.8) is 0 Å². The minimum atomic E-state index is -0.263. The van der Waals surface area contributed by atoms with Gasteiger partial charge in [-0.2, -0.15) is 0 Å². The molecule has 2 aromatic rings. The molecule has 0 atom stereocenters. The number of halogens is 1. The van der Waals surface area contributed by atoms with E-state index in [0.29, 0.717) is 16.8 Å². The summed E-state index contributed by atoms with van der Waals surface area (Å²) in [6.07, 6.45) is 0.876. The van der Waals surface area contributed by atoms with Gasteiger partial charge < -0.3 is 10.6 Å². The second-order valence-corrected chi connectivity index (χ2v) is 5.43. The Labute approximate surface area is 115 Å². The lowest BCUT2D eigenvalue weighted by Crippen LogP contribution is -2.26. The topological polar surface area (TPSA) is 41.1 Å². The summed E-state index contributed by atoms with van der Waals surface area (Å²) in [5, 5.41) is 6.45. The molecular weight excluding hydrogens is 263 g/mol. The molecule has 0 saturated carbocycles. The van der Waals surface area contributed by atoms with Crippen LogP contribution in [0.5, 0.6) is 0 Å². The summed E-state index contributed by atoms with van der Waals surface area (Å²) >= 11 is 1.34. The van der Waals surface area contributed by atoms with Crippen LogP contribution in [-0.4, -0.2) is 26.0 Å². The second-order valence-electron chi connectivity index (χ2n) is 4.38. The van der Waals surface area contributed by atoms with Crippen molar-refractivity contribution in [1.29, 1.82) is 0 Å². The van der Waals surface area contributed by atoms with Gasteiger partial charge in [0.2, 0.25) is 0 Å². The van der Waals surface area contributed by atoms with Crippen LogP contribution < -0.4 is 10.6 Å². The number of nitrogens with one attached hydrogen (secondary N) is 2. The quantitative estimate of drug-likeness (QED) is 0.827. The molecule has 0 spiro atoms. The predicted molar refractivity (Wildman–Crippen MR) is 77.4 cm³/mol. The van der Waals surface area contributed by atoms with Crippen molar-refractivity contribution in [2.75, 3.05) is 20.1 Å². The third-order valence-electron chi connectivity index (χ3n) is 3.00. The van der Waals surface area contributed by atoms with Crippen LogP contribution in [0.4, 0.5) is 4.39 Å². The van der Waals surface area contributed by atoms with Crippen LogP contribution in [0.1, 0.15) is 21.7 Å². The smallest absolute Gasteiger partial charge is 0.261 e. The van der Waals surface area contributed by atoms with Gasteiger partial charge in [-0.25, -0.2) is 4.39 Å². The van der Waals surface area contributed by atoms with Crippen molar-refractivity contribution >= 4 is 27.3 Å². The Morgan fingerprint density at radius 3 is 2.84 bits per heavy atom. The van der Waals surface area contributed by atoms with Gasteiger partial charge >= 0.3 is 0 Å². The number of hydrogen-bond acceptors (Lipinski definition) is 3. The van der Waals surface area contributed by atoms with Crippen LogP contribution in [0.25, 0.3) is 10.1 Å². The lowest BCUT2D eigenvalue weighted by molar-refractivity contribution is 0.0957. The molecular formula is C14H17FN2OS. The average molecular weight is 280 g/mol. The maximum atomic E-state index is 13.7. The van der Waals surface area contributed by atoms with Crippen LogP contribution >= 0.6 is 11.3 Å². The van der Waals surface area contributed by atoms with Crippen molar-refractivity contribution in [3.8, 4) is 0 Å². The molecule has 0 aliphatic carbocycles. The van der Waals surface area contributed by atoms with E-state index in [1.54, 1.807) is 13.0 Å². The van der Waals surface area contributed by atoms with Gasteiger partial charge in [-0.1, -0.05) is 6.07 Å². The highest BCUT2D eigenvalue weighted by molar-refractivity contribution is 7.21. The number of amides is 1. The zero-order valence-corrected chi connectivity index (χ0v) is 11.9. The molecule has 1 amide bonds. The van der Waals surface area contributed by atoms with Crippen LogP contribution in [0.15, 0.2) is 18.2 Å². The van der Waals surface area contributed by atoms with Gasteiger partial charge in [0.1, 0.15) is 5.82 Å². The van der Waals surface area contributed by atoms with E-state index in [0.717, 1.165) is 23.2 Å². The number of aryl methyl sites for hydroxylation is 1. The largest absolute Gasteiger partial charge is 0.351 e. The summed E-state index contributed by atoms with van der Waals surface area (Å²) in [5.74, 6) is -0.380. The molecule has 0 fully saturated rings. The van der Waals surface area contributed by atoms with E-state index in [-0.39, 0.29) is 11.7 Å². The van der Waals surface area contributed by atoms with Gasteiger partial charge in [0.05, 0.1) is 4.88 Å². The molecule has 5 heteroatoms. The Kier molecular flexibility index (Phi) is 4.50. The number of rotatable bonds is 5. The summed E-state index contributed by atoms with van der Waals surface area (Å²) in [4.78, 5) is 12.7. The molecule has 1 aromatic carbocycles. The number of carbonyl (C=O) groups is 1. The summed E-state index contributed by atoms with van der Waals surface area (Å²) in [6.45, 7) is 3.28. The summed E-state index contributed by atoms with van der Waals surface area (Å²) in [6, 6.07) is 4.94. The minimum Gasteiger partial charge on any atom is -0.351 e. The number of carbonyl (C=O) groups excluding carboxylic acids is 1. The predicted octanol–water partition coefficient (Wildman–Crippen LogP) is 2.69. The average Bonchev–Trinajstić information content (AvgIpc) is 2.73. The number of thiophene rings is 1. The normalized spacial score (nSPS) is 10.9. The first kappa shape index (κ1) is 14.0. The molecule has 102 valence electrons. The zero-order chi connectivity index (χ0) is 13.8. The Bertz CT molecular complexity index is 594. The van der Waals surface area contributed by atoms with Gasteiger partial charge in [0.25, 0.3) is 5.91 Å². The fourth-order valence-corrected chi connectivity index (χ4v) is 3.16. The fraction of sp³-hybridized carbons (Fsp3) is 0.357. The van der Waals surface area contributed by atoms with Crippen molar-refractivity contribution in [2.45, 2.75) is 13.3 Å². The van der Waals surface area contributed by atoms with Crippen molar-refractivity contribution in [3.05, 3.63) is 34.5 Å². The van der Waals surface area contributed by atoms with Crippen LogP contribution in [0, 0.1) is 12.7 Å². The molecule has 1 aromatic heterocycles. The zero-order valence-electron chi connectivity index (χ0n) is 11.0. The second kappa shape index (κ2) is 6.12. The first-order chi connectivity index (χ1) is 9.15. The number of hydrogen-bond donors (Lipinski definition) is 2. The SMILES string of the molecule is CNCCCNC(=O)c1sc2cccc(F)c2c1C. The van der Waals surface area contributed by atoms with E-state index in [4.69, 9.17) is 0 Å². The molecule has 1 heterocycles. The lowest BCUT2D eigenvalue weighted by Gasteiger charge is -2.04. The summed E-state index contributed by atoms with van der Waals surface area (Å²) in [5.41, 5.74) is 0.726. The van der Waals surface area contributed by atoms with Crippen LogP contribution in [0.2, 0.25) is 0 Å². The van der Waals surface area contributed by atoms with Gasteiger partial charge in [0.15, 0.2) is 0 Å². The molecule has 3 nitrogen and oxygen atoms in total. The van der Waals surface area contributed by atoms with E-state index in [2.05, 4.69) is 10.6 Å². The molecule has 19 heavy (non-hydrogen) atoms. The van der Waals surface area contributed by atoms with Crippen molar-refractivity contribution in [2.24, 2.45) is 0 Å². The van der Waals surface area contributed by atoms with E-state index in [1.807, 2.05) is 13.1 Å². The van der Waals surface area contributed by atoms with Gasteiger partial charge in [0, 0.05) is 16.6 Å². The van der Waals surface area contributed by atoms with E-state index in [9.17, 15) is 9.18 Å². The van der Waals surface area contributed by atoms with Gasteiger partial charge in [-0.05, 0) is 44.6 Å². The molecule has 0 radical (unpaired) electrons. The molecule has 0 saturated heterocycles. The molecule has 2 N–H and O–H groups in total. The maximum Gasteiger partial charge on any atom is 0.261 e. The third-order valence-corrected chi connectivity index (χ3v) is 4.25. The molecule has 0 unspecified atom stereocenters. The van der Waals surface area contributed by atoms with Crippen molar-refractivity contribution < 1.29 is 9.18 Å². The van der Waals surface area contributed by atoms with Gasteiger partial charge in [-0.15, -0.1) is 11.3 Å². The lowest BCUT2D eigenvalue weighted by atomic mass is 10.1. The minimum absolute atomic E-state index is 0.116. The molecule has 0 aliphatic rings. The first-order valence-corrected chi connectivity index (χ1v) is 7.07. The fourth-order valence-electron chi connectivity index (χ4n) is 2.02. The van der Waals surface area contributed by atoms with E-state index in [1.165, 1.54) is 17.4 Å². The highest BCUT2D eigenvalue weighted by atomic mass is 32.1. The molecule has 0 bridgehead atoms. The Morgan fingerprint density at radius 2 is 2.16 bits per heavy atom. The molecule has 2 rings (SSSR count). The Hall–Kier alpha value is -1.46. The Morgan fingerprint density at radius 1 is 1.37 bits per heavy atom.